The van der Waals surface area contributed by atoms with Crippen molar-refractivity contribution < 1.29 is 4.79 Å². The van der Waals surface area contributed by atoms with E-state index >= 15 is 0 Å². The van der Waals surface area contributed by atoms with Gasteiger partial charge in [-0.15, -0.1) is 24.8 Å². The van der Waals surface area contributed by atoms with Crippen LogP contribution in [0.4, 0.5) is 0 Å². The van der Waals surface area contributed by atoms with Gasteiger partial charge in [-0.2, -0.15) is 0 Å². The molecule has 3 atom stereocenters. The average molecular weight is 338 g/mol. The van der Waals surface area contributed by atoms with Crippen LogP contribution in [0.5, 0.6) is 0 Å². The van der Waals surface area contributed by atoms with Gasteiger partial charge in [0.1, 0.15) is 0 Å². The highest BCUT2D eigenvalue weighted by Crippen LogP contribution is 2.27. The highest BCUT2D eigenvalue weighted by atomic mass is 35.5. The molecule has 3 aliphatic heterocycles. The first kappa shape index (κ1) is 19.0. The van der Waals surface area contributed by atoms with Gasteiger partial charge >= 0.3 is 0 Å². The van der Waals surface area contributed by atoms with Crippen molar-refractivity contribution in [3.8, 4) is 0 Å². The zero-order valence-electron chi connectivity index (χ0n) is 12.7. The van der Waals surface area contributed by atoms with E-state index in [1.54, 1.807) is 0 Å². The Kier molecular flexibility index (Phi) is 8.32. The second-order valence-corrected chi connectivity index (χ2v) is 6.39. The predicted molar refractivity (Wildman–Crippen MR) is 90.5 cm³/mol. The van der Waals surface area contributed by atoms with E-state index in [0.29, 0.717) is 24.5 Å². The third-order valence-corrected chi connectivity index (χ3v) is 5.08. The Morgan fingerprint density at radius 1 is 1.10 bits per heavy atom. The number of carbonyl (C=O) groups excluding carboxylic acids is 1. The van der Waals surface area contributed by atoms with Crippen LogP contribution >= 0.6 is 24.8 Å². The van der Waals surface area contributed by atoms with Gasteiger partial charge in [0.2, 0.25) is 5.91 Å². The fourth-order valence-electron chi connectivity index (χ4n) is 4.00. The molecule has 0 aliphatic carbocycles. The van der Waals surface area contributed by atoms with E-state index in [4.69, 9.17) is 0 Å². The predicted octanol–water partition coefficient (Wildman–Crippen LogP) is 2.11. The van der Waals surface area contributed by atoms with Gasteiger partial charge in [-0.25, -0.2) is 0 Å². The number of rotatable bonds is 4. The summed E-state index contributed by atoms with van der Waals surface area (Å²) in [6.07, 6.45) is 9.31. The van der Waals surface area contributed by atoms with Crippen LogP contribution < -0.4 is 10.6 Å². The first-order chi connectivity index (χ1) is 9.33. The maximum Gasteiger partial charge on any atom is 0.220 e. The van der Waals surface area contributed by atoms with Crippen molar-refractivity contribution >= 4 is 30.7 Å². The minimum atomic E-state index is 0. The highest BCUT2D eigenvalue weighted by Gasteiger charge is 2.36. The van der Waals surface area contributed by atoms with E-state index in [1.165, 1.54) is 45.2 Å². The molecular weight excluding hydrogens is 309 g/mol. The monoisotopic (exact) mass is 337 g/mol. The second-order valence-electron chi connectivity index (χ2n) is 6.39. The first-order valence-electron chi connectivity index (χ1n) is 8.10. The van der Waals surface area contributed by atoms with Crippen LogP contribution in [0.3, 0.4) is 0 Å². The Morgan fingerprint density at radius 3 is 2.71 bits per heavy atom. The number of fused-ring (bicyclic) bond motifs is 1. The average Bonchev–Trinajstić information content (AvgIpc) is 3.07. The van der Waals surface area contributed by atoms with Crippen LogP contribution in [0.25, 0.3) is 0 Å². The molecule has 3 saturated heterocycles. The van der Waals surface area contributed by atoms with Crippen LogP contribution in [0.2, 0.25) is 0 Å². The standard InChI is InChI=1S/C15H27N3O.2ClH/c19-15(7-6-12-4-3-9-16-12)17-13-8-11-18-10-2-1-5-14(13)18;;/h12-14,16H,1-11H2,(H,17,19);2*1H. The van der Waals surface area contributed by atoms with Gasteiger partial charge in [-0.05, 0) is 51.6 Å². The number of hydrogen-bond acceptors (Lipinski definition) is 3. The zero-order valence-corrected chi connectivity index (χ0v) is 14.3. The van der Waals surface area contributed by atoms with E-state index in [2.05, 4.69) is 15.5 Å². The molecule has 2 N–H and O–H groups in total. The normalized spacial score (nSPS) is 31.9. The molecule has 3 rings (SSSR count). The van der Waals surface area contributed by atoms with Crippen molar-refractivity contribution in [2.45, 2.75) is 69.5 Å². The van der Waals surface area contributed by atoms with Crippen LogP contribution in [0.15, 0.2) is 0 Å². The molecule has 1 amide bonds. The molecule has 0 aromatic heterocycles. The molecule has 3 heterocycles. The summed E-state index contributed by atoms with van der Waals surface area (Å²) >= 11 is 0. The molecule has 6 heteroatoms. The minimum absolute atomic E-state index is 0. The summed E-state index contributed by atoms with van der Waals surface area (Å²) in [5, 5.41) is 6.76. The molecule has 124 valence electrons. The van der Waals surface area contributed by atoms with Gasteiger partial charge in [0, 0.05) is 31.1 Å². The molecule has 0 aromatic rings. The first-order valence-corrected chi connectivity index (χ1v) is 8.10. The van der Waals surface area contributed by atoms with Crippen molar-refractivity contribution in [3.05, 3.63) is 0 Å². The number of hydrogen-bond donors (Lipinski definition) is 2. The van der Waals surface area contributed by atoms with Crippen molar-refractivity contribution in [1.29, 1.82) is 0 Å². The van der Waals surface area contributed by atoms with Gasteiger partial charge in [0.25, 0.3) is 0 Å². The summed E-state index contributed by atoms with van der Waals surface area (Å²) in [7, 11) is 0. The molecule has 0 radical (unpaired) electrons. The molecule has 0 saturated carbocycles. The van der Waals surface area contributed by atoms with E-state index < -0.39 is 0 Å². The quantitative estimate of drug-likeness (QED) is 0.825. The van der Waals surface area contributed by atoms with Crippen LogP contribution in [-0.2, 0) is 4.79 Å². The topological polar surface area (TPSA) is 44.4 Å². The Bertz CT molecular complexity index is 324. The molecule has 0 aromatic carbocycles. The third-order valence-electron chi connectivity index (χ3n) is 5.08. The number of carbonyl (C=O) groups is 1. The van der Waals surface area contributed by atoms with E-state index in [-0.39, 0.29) is 30.7 Å². The Labute approximate surface area is 140 Å². The zero-order chi connectivity index (χ0) is 13.1. The Balaban J connectivity index is 0.00000110. The largest absolute Gasteiger partial charge is 0.352 e. The molecule has 21 heavy (non-hydrogen) atoms. The summed E-state index contributed by atoms with van der Waals surface area (Å²) < 4.78 is 0. The summed E-state index contributed by atoms with van der Waals surface area (Å²) in [4.78, 5) is 14.6. The lowest BCUT2D eigenvalue weighted by molar-refractivity contribution is -0.122. The summed E-state index contributed by atoms with van der Waals surface area (Å²) in [5.41, 5.74) is 0. The molecule has 0 bridgehead atoms. The van der Waals surface area contributed by atoms with Crippen LogP contribution in [0.1, 0.15) is 51.4 Å². The van der Waals surface area contributed by atoms with E-state index in [9.17, 15) is 4.79 Å². The Hall–Kier alpha value is -0.0300. The van der Waals surface area contributed by atoms with Crippen LogP contribution in [0, 0.1) is 0 Å². The number of nitrogens with zero attached hydrogens (tertiary/aromatic N) is 1. The smallest absolute Gasteiger partial charge is 0.220 e. The number of halogens is 2. The SMILES string of the molecule is Cl.Cl.O=C(CCC1CCCN1)NC1CCN2CCCCC12. The molecule has 3 unspecified atom stereocenters. The third kappa shape index (κ3) is 4.98. The van der Waals surface area contributed by atoms with E-state index in [0.717, 1.165) is 19.4 Å². The van der Waals surface area contributed by atoms with Gasteiger partial charge in [0.05, 0.1) is 0 Å². The van der Waals surface area contributed by atoms with Crippen molar-refractivity contribution in [2.75, 3.05) is 19.6 Å². The minimum Gasteiger partial charge on any atom is -0.352 e. The Morgan fingerprint density at radius 2 is 1.95 bits per heavy atom. The number of nitrogens with one attached hydrogen (secondary N) is 2. The number of amides is 1. The van der Waals surface area contributed by atoms with Gasteiger partial charge < -0.3 is 10.6 Å². The van der Waals surface area contributed by atoms with Crippen molar-refractivity contribution in [1.82, 2.24) is 15.5 Å². The second kappa shape index (κ2) is 9.19. The molecule has 3 fully saturated rings. The molecular formula is C15H29Cl2N3O. The van der Waals surface area contributed by atoms with Gasteiger partial charge in [-0.3, -0.25) is 9.69 Å². The fraction of sp³-hybridized carbons (Fsp3) is 0.933. The van der Waals surface area contributed by atoms with Crippen LogP contribution in [-0.4, -0.2) is 48.6 Å². The summed E-state index contributed by atoms with van der Waals surface area (Å²) in [6.45, 7) is 3.55. The number of piperidine rings is 1. The van der Waals surface area contributed by atoms with Gasteiger partial charge in [-0.1, -0.05) is 6.42 Å². The lowest BCUT2D eigenvalue weighted by Crippen LogP contribution is -2.46. The van der Waals surface area contributed by atoms with Gasteiger partial charge in [0.15, 0.2) is 0 Å². The lowest BCUT2D eigenvalue weighted by atomic mass is 9.99. The highest BCUT2D eigenvalue weighted by molar-refractivity contribution is 5.85. The van der Waals surface area contributed by atoms with Crippen molar-refractivity contribution in [2.24, 2.45) is 0 Å². The lowest BCUT2D eigenvalue weighted by Gasteiger charge is -2.32. The fourth-order valence-corrected chi connectivity index (χ4v) is 4.00. The molecule has 3 aliphatic rings. The summed E-state index contributed by atoms with van der Waals surface area (Å²) in [6, 6.07) is 1.63. The maximum absolute atomic E-state index is 12.1. The molecule has 4 nitrogen and oxygen atoms in total. The summed E-state index contributed by atoms with van der Waals surface area (Å²) in [5.74, 6) is 0.270. The van der Waals surface area contributed by atoms with E-state index in [1.807, 2.05) is 0 Å². The maximum atomic E-state index is 12.1. The molecule has 0 spiro atoms. The van der Waals surface area contributed by atoms with Crippen molar-refractivity contribution in [3.63, 3.8) is 0 Å².